The molecule has 112 valence electrons. The Morgan fingerprint density at radius 2 is 1.85 bits per heavy atom. The fourth-order valence-corrected chi connectivity index (χ4v) is 2.45. The van der Waals surface area contributed by atoms with Crippen LogP contribution >= 0.6 is 0 Å². The Kier molecular flexibility index (Phi) is 4.16. The maximum absolute atomic E-state index is 12.2. The number of nitrogens with zero attached hydrogens (tertiary/aromatic N) is 3. The molecule has 0 radical (unpaired) electrons. The molecule has 5 nitrogen and oxygen atoms in total. The molecule has 1 amide bonds. The third-order valence-electron chi connectivity index (χ3n) is 3.72. The summed E-state index contributed by atoms with van der Waals surface area (Å²) in [5.41, 5.74) is -0.303. The molecule has 2 heterocycles. The van der Waals surface area contributed by atoms with Gasteiger partial charge in [0.1, 0.15) is 0 Å². The highest BCUT2D eigenvalue weighted by Crippen LogP contribution is 2.30. The van der Waals surface area contributed by atoms with Crippen LogP contribution in [0.1, 0.15) is 71.1 Å². The Hall–Kier alpha value is -1.39. The summed E-state index contributed by atoms with van der Waals surface area (Å²) in [6.45, 7) is 11.5. The predicted molar refractivity (Wildman–Crippen MR) is 76.4 cm³/mol. The number of carbonyl (C=O) groups excluding carboxylic acids is 1. The Morgan fingerprint density at radius 1 is 1.25 bits per heavy atom. The van der Waals surface area contributed by atoms with Crippen molar-refractivity contribution in [3.8, 4) is 0 Å². The zero-order valence-electron chi connectivity index (χ0n) is 13.1. The van der Waals surface area contributed by atoms with Gasteiger partial charge in [-0.2, -0.15) is 0 Å². The van der Waals surface area contributed by atoms with Crippen molar-refractivity contribution < 1.29 is 9.21 Å². The maximum Gasteiger partial charge on any atom is 0.227 e. The van der Waals surface area contributed by atoms with Gasteiger partial charge < -0.3 is 9.32 Å². The number of amides is 1. The van der Waals surface area contributed by atoms with E-state index in [1.54, 1.807) is 0 Å². The minimum absolute atomic E-state index is 0.226. The van der Waals surface area contributed by atoms with Gasteiger partial charge in [-0.05, 0) is 12.8 Å². The summed E-state index contributed by atoms with van der Waals surface area (Å²) in [5, 5.41) is 8.25. The van der Waals surface area contributed by atoms with E-state index in [2.05, 4.69) is 10.2 Å². The second kappa shape index (κ2) is 5.54. The monoisotopic (exact) mass is 279 g/mol. The van der Waals surface area contributed by atoms with Crippen molar-refractivity contribution in [3.63, 3.8) is 0 Å². The van der Waals surface area contributed by atoms with Crippen molar-refractivity contribution in [2.45, 2.75) is 59.3 Å². The summed E-state index contributed by atoms with van der Waals surface area (Å²) in [4.78, 5) is 14.2. The van der Waals surface area contributed by atoms with Gasteiger partial charge >= 0.3 is 0 Å². The van der Waals surface area contributed by atoms with E-state index in [-0.39, 0.29) is 17.2 Å². The molecule has 0 bridgehead atoms. The topological polar surface area (TPSA) is 59.2 Å². The predicted octanol–water partition coefficient (Wildman–Crippen LogP) is 2.95. The molecule has 20 heavy (non-hydrogen) atoms. The first-order chi connectivity index (χ1) is 9.29. The van der Waals surface area contributed by atoms with Gasteiger partial charge in [0.25, 0.3) is 0 Å². The molecule has 0 saturated carbocycles. The number of hydrogen-bond acceptors (Lipinski definition) is 4. The molecule has 1 aromatic rings. The second-order valence-electron chi connectivity index (χ2n) is 6.95. The molecule has 1 aliphatic rings. The van der Waals surface area contributed by atoms with Gasteiger partial charge in [0, 0.05) is 30.3 Å². The summed E-state index contributed by atoms with van der Waals surface area (Å²) >= 11 is 0. The molecule has 0 unspecified atom stereocenters. The highest BCUT2D eigenvalue weighted by Gasteiger charge is 2.32. The Labute approximate surface area is 120 Å². The lowest BCUT2D eigenvalue weighted by Crippen LogP contribution is -2.43. The molecule has 1 saturated heterocycles. The van der Waals surface area contributed by atoms with Crippen LogP contribution in [0.15, 0.2) is 4.42 Å². The molecule has 0 aliphatic carbocycles. The first-order valence-corrected chi connectivity index (χ1v) is 7.41. The van der Waals surface area contributed by atoms with Crippen molar-refractivity contribution in [2.24, 2.45) is 5.41 Å². The van der Waals surface area contributed by atoms with E-state index in [1.165, 1.54) is 0 Å². The molecule has 1 aliphatic heterocycles. The number of rotatable bonds is 2. The van der Waals surface area contributed by atoms with Gasteiger partial charge in [0.05, 0.1) is 0 Å². The molecule has 0 aromatic carbocycles. The lowest BCUT2D eigenvalue weighted by atomic mass is 9.91. The van der Waals surface area contributed by atoms with E-state index in [1.807, 2.05) is 39.5 Å². The molecule has 2 rings (SSSR count). The fraction of sp³-hybridized carbons (Fsp3) is 0.800. The molecule has 1 fully saturated rings. The number of piperidine rings is 1. The van der Waals surface area contributed by atoms with Crippen LogP contribution in [0.4, 0.5) is 0 Å². The van der Waals surface area contributed by atoms with Gasteiger partial charge in [-0.15, -0.1) is 10.2 Å². The van der Waals surface area contributed by atoms with Crippen molar-refractivity contribution in [1.82, 2.24) is 15.1 Å². The van der Waals surface area contributed by atoms with Gasteiger partial charge in [0.15, 0.2) is 0 Å². The van der Waals surface area contributed by atoms with E-state index in [9.17, 15) is 4.79 Å². The van der Waals surface area contributed by atoms with Crippen LogP contribution in [0, 0.1) is 5.41 Å². The minimum Gasteiger partial charge on any atom is -0.425 e. The number of aromatic nitrogens is 2. The van der Waals surface area contributed by atoms with Crippen LogP contribution in [-0.4, -0.2) is 34.1 Å². The average Bonchev–Trinajstić information content (AvgIpc) is 2.86. The largest absolute Gasteiger partial charge is 0.425 e. The Balaban J connectivity index is 1.95. The van der Waals surface area contributed by atoms with Crippen LogP contribution in [-0.2, 0) is 4.79 Å². The smallest absolute Gasteiger partial charge is 0.227 e. The van der Waals surface area contributed by atoms with E-state index >= 15 is 0 Å². The highest BCUT2D eigenvalue weighted by molar-refractivity contribution is 5.81. The van der Waals surface area contributed by atoms with E-state index in [0.717, 1.165) is 31.8 Å². The molecular weight excluding hydrogens is 254 g/mol. The van der Waals surface area contributed by atoms with Crippen molar-refractivity contribution in [2.75, 3.05) is 13.1 Å². The summed E-state index contributed by atoms with van der Waals surface area (Å²) in [6.07, 6.45) is 1.81. The van der Waals surface area contributed by atoms with E-state index in [4.69, 9.17) is 4.42 Å². The van der Waals surface area contributed by atoms with Gasteiger partial charge in [-0.1, -0.05) is 34.6 Å². The number of hydrogen-bond donors (Lipinski definition) is 0. The first kappa shape index (κ1) is 15.0. The first-order valence-electron chi connectivity index (χ1n) is 7.41. The second-order valence-corrected chi connectivity index (χ2v) is 6.95. The van der Waals surface area contributed by atoms with E-state index < -0.39 is 0 Å². The molecule has 5 heteroatoms. The van der Waals surface area contributed by atoms with Crippen LogP contribution in [0.2, 0.25) is 0 Å². The molecule has 0 spiro atoms. The lowest BCUT2D eigenvalue weighted by molar-refractivity contribution is -0.140. The third-order valence-corrected chi connectivity index (χ3v) is 3.72. The highest BCUT2D eigenvalue weighted by atomic mass is 16.4. The zero-order valence-corrected chi connectivity index (χ0v) is 13.1. The van der Waals surface area contributed by atoms with Crippen LogP contribution in [0.3, 0.4) is 0 Å². The van der Waals surface area contributed by atoms with Gasteiger partial charge in [-0.3, -0.25) is 4.79 Å². The molecule has 0 N–H and O–H groups in total. The molecule has 0 atom stereocenters. The minimum atomic E-state index is -0.303. The maximum atomic E-state index is 12.2. The number of carbonyl (C=O) groups is 1. The van der Waals surface area contributed by atoms with Crippen LogP contribution in [0.5, 0.6) is 0 Å². The van der Waals surface area contributed by atoms with Crippen LogP contribution < -0.4 is 0 Å². The SMILES string of the molecule is CC(C)c1nnc(C2CCN(C(=O)C(C)(C)C)CC2)o1. The fourth-order valence-electron chi connectivity index (χ4n) is 2.45. The van der Waals surface area contributed by atoms with Crippen LogP contribution in [0.25, 0.3) is 0 Å². The Morgan fingerprint density at radius 3 is 2.30 bits per heavy atom. The van der Waals surface area contributed by atoms with Crippen molar-refractivity contribution in [3.05, 3.63) is 11.8 Å². The summed E-state index contributed by atoms with van der Waals surface area (Å²) in [5.74, 6) is 2.21. The van der Waals surface area contributed by atoms with Crippen molar-refractivity contribution in [1.29, 1.82) is 0 Å². The summed E-state index contributed by atoms with van der Waals surface area (Å²) in [7, 11) is 0. The third kappa shape index (κ3) is 3.19. The zero-order chi connectivity index (χ0) is 14.9. The summed E-state index contributed by atoms with van der Waals surface area (Å²) < 4.78 is 5.72. The standard InChI is InChI=1S/C15H25N3O2/c1-10(2)12-16-17-13(20-12)11-6-8-18(9-7-11)14(19)15(3,4)5/h10-11H,6-9H2,1-5H3. The Bertz CT molecular complexity index is 466. The normalized spacial score (nSPS) is 17.8. The quantitative estimate of drug-likeness (QED) is 0.835. The molecular formula is C15H25N3O2. The van der Waals surface area contributed by atoms with Gasteiger partial charge in [-0.25, -0.2) is 0 Å². The lowest BCUT2D eigenvalue weighted by Gasteiger charge is -2.34. The van der Waals surface area contributed by atoms with E-state index in [0.29, 0.717) is 11.8 Å². The summed E-state index contributed by atoms with van der Waals surface area (Å²) in [6, 6.07) is 0. The van der Waals surface area contributed by atoms with Gasteiger partial charge in [0.2, 0.25) is 17.7 Å². The average molecular weight is 279 g/mol. The van der Waals surface area contributed by atoms with Crippen molar-refractivity contribution >= 4 is 5.91 Å². The molecule has 1 aromatic heterocycles. The number of likely N-dealkylation sites (tertiary alicyclic amines) is 1.